The third kappa shape index (κ3) is 1.98. The minimum absolute atomic E-state index is 0.0622. The Morgan fingerprint density at radius 1 is 1.57 bits per heavy atom. The van der Waals surface area contributed by atoms with E-state index in [1.165, 1.54) is 4.88 Å². The first-order valence-corrected chi connectivity index (χ1v) is 5.71. The van der Waals surface area contributed by atoms with Gasteiger partial charge in [-0.1, -0.05) is 6.92 Å². The summed E-state index contributed by atoms with van der Waals surface area (Å²) in [5.74, 6) is 0. The summed E-state index contributed by atoms with van der Waals surface area (Å²) < 4.78 is 11.1. The van der Waals surface area contributed by atoms with Gasteiger partial charge in [-0.15, -0.1) is 11.3 Å². The first-order valence-electron chi connectivity index (χ1n) is 4.89. The van der Waals surface area contributed by atoms with Crippen molar-refractivity contribution in [1.82, 2.24) is 0 Å². The fourth-order valence-electron chi connectivity index (χ4n) is 1.43. The fourth-order valence-corrected chi connectivity index (χ4v) is 2.37. The Balaban J connectivity index is 2.02. The second-order valence-electron chi connectivity index (χ2n) is 3.32. The molecule has 0 aromatic carbocycles. The molecule has 1 fully saturated rings. The molecule has 0 saturated carbocycles. The lowest BCUT2D eigenvalue weighted by Crippen LogP contribution is -2.21. The van der Waals surface area contributed by atoms with E-state index < -0.39 is 0 Å². The van der Waals surface area contributed by atoms with Gasteiger partial charge in [-0.25, -0.2) is 0 Å². The highest BCUT2D eigenvalue weighted by Gasteiger charge is 2.27. The van der Waals surface area contributed by atoms with E-state index in [1.54, 1.807) is 11.3 Å². The van der Waals surface area contributed by atoms with Gasteiger partial charge < -0.3 is 15.2 Å². The van der Waals surface area contributed by atoms with Crippen molar-refractivity contribution in [3.05, 3.63) is 21.9 Å². The average molecular weight is 213 g/mol. The Morgan fingerprint density at radius 3 is 3.00 bits per heavy atom. The molecule has 1 aromatic rings. The van der Waals surface area contributed by atoms with Crippen LogP contribution in [0.1, 0.15) is 23.0 Å². The van der Waals surface area contributed by atoms with Crippen molar-refractivity contribution in [3.63, 3.8) is 0 Å². The molecule has 14 heavy (non-hydrogen) atoms. The predicted molar refractivity (Wildman–Crippen MR) is 56.3 cm³/mol. The monoisotopic (exact) mass is 213 g/mol. The maximum Gasteiger partial charge on any atom is 0.193 e. The van der Waals surface area contributed by atoms with Crippen LogP contribution >= 0.6 is 11.3 Å². The highest BCUT2D eigenvalue weighted by Crippen LogP contribution is 2.31. The number of hydrogen-bond acceptors (Lipinski definition) is 4. The van der Waals surface area contributed by atoms with Crippen LogP contribution in [0.3, 0.4) is 0 Å². The number of ether oxygens (including phenoxy) is 2. The zero-order valence-corrected chi connectivity index (χ0v) is 9.05. The minimum Gasteiger partial charge on any atom is -0.345 e. The zero-order chi connectivity index (χ0) is 9.97. The van der Waals surface area contributed by atoms with E-state index in [2.05, 4.69) is 19.1 Å². The van der Waals surface area contributed by atoms with Crippen molar-refractivity contribution in [2.45, 2.75) is 25.7 Å². The van der Waals surface area contributed by atoms with Gasteiger partial charge in [-0.05, 0) is 18.6 Å². The van der Waals surface area contributed by atoms with Gasteiger partial charge in [0.15, 0.2) is 6.29 Å². The van der Waals surface area contributed by atoms with Gasteiger partial charge >= 0.3 is 0 Å². The van der Waals surface area contributed by atoms with Gasteiger partial charge in [-0.3, -0.25) is 0 Å². The van der Waals surface area contributed by atoms with E-state index in [9.17, 15) is 0 Å². The van der Waals surface area contributed by atoms with Gasteiger partial charge in [0.05, 0.1) is 17.6 Å². The number of aryl methyl sites for hydroxylation is 1. The Hall–Kier alpha value is -0.420. The van der Waals surface area contributed by atoms with Crippen molar-refractivity contribution < 1.29 is 9.47 Å². The highest BCUT2D eigenvalue weighted by atomic mass is 32.1. The molecule has 1 aliphatic rings. The SMILES string of the molecule is CCc1ccc(C2OCC(CN)O2)s1. The molecule has 2 unspecified atom stereocenters. The van der Waals surface area contributed by atoms with Crippen molar-refractivity contribution in [2.75, 3.05) is 13.2 Å². The van der Waals surface area contributed by atoms with Crippen molar-refractivity contribution in [2.24, 2.45) is 5.73 Å². The summed E-state index contributed by atoms with van der Waals surface area (Å²) in [7, 11) is 0. The quantitative estimate of drug-likeness (QED) is 0.831. The molecule has 2 heterocycles. The van der Waals surface area contributed by atoms with E-state index in [4.69, 9.17) is 15.2 Å². The van der Waals surface area contributed by atoms with Crippen LogP contribution in [0.4, 0.5) is 0 Å². The molecule has 3 nitrogen and oxygen atoms in total. The Morgan fingerprint density at radius 2 is 2.43 bits per heavy atom. The normalized spacial score (nSPS) is 27.0. The number of hydrogen-bond donors (Lipinski definition) is 1. The van der Waals surface area contributed by atoms with Gasteiger partial charge in [0.25, 0.3) is 0 Å². The van der Waals surface area contributed by atoms with E-state index in [-0.39, 0.29) is 12.4 Å². The van der Waals surface area contributed by atoms with Gasteiger partial charge in [0.2, 0.25) is 0 Å². The van der Waals surface area contributed by atoms with Crippen LogP contribution < -0.4 is 5.73 Å². The fraction of sp³-hybridized carbons (Fsp3) is 0.600. The number of thiophene rings is 1. The lowest BCUT2D eigenvalue weighted by molar-refractivity contribution is -0.0559. The first kappa shape index (κ1) is 10.1. The number of rotatable bonds is 3. The first-order chi connectivity index (χ1) is 6.83. The lowest BCUT2D eigenvalue weighted by Gasteiger charge is -2.07. The van der Waals surface area contributed by atoms with Gasteiger partial charge in [0.1, 0.15) is 0 Å². The van der Waals surface area contributed by atoms with Crippen LogP contribution in [-0.4, -0.2) is 19.3 Å². The maximum absolute atomic E-state index is 5.62. The third-order valence-electron chi connectivity index (χ3n) is 2.28. The molecule has 0 radical (unpaired) electrons. The van der Waals surface area contributed by atoms with Crippen molar-refractivity contribution in [3.8, 4) is 0 Å². The molecule has 0 spiro atoms. The maximum atomic E-state index is 5.62. The zero-order valence-electron chi connectivity index (χ0n) is 8.23. The Kier molecular flexibility index (Phi) is 3.18. The molecule has 1 saturated heterocycles. The smallest absolute Gasteiger partial charge is 0.193 e. The standard InChI is InChI=1S/C10H15NO2S/c1-2-8-3-4-9(14-8)10-12-6-7(5-11)13-10/h3-4,7,10H,2,5-6,11H2,1H3. The molecule has 1 aromatic heterocycles. The largest absolute Gasteiger partial charge is 0.345 e. The number of nitrogens with two attached hydrogens (primary N) is 1. The molecule has 4 heteroatoms. The summed E-state index contributed by atoms with van der Waals surface area (Å²) in [6.07, 6.45) is 0.943. The molecule has 78 valence electrons. The van der Waals surface area contributed by atoms with Crippen molar-refractivity contribution in [1.29, 1.82) is 0 Å². The summed E-state index contributed by atoms with van der Waals surface area (Å²) in [6, 6.07) is 4.20. The summed E-state index contributed by atoms with van der Waals surface area (Å²) in [6.45, 7) is 3.29. The second-order valence-corrected chi connectivity index (χ2v) is 4.52. The van der Waals surface area contributed by atoms with Crippen LogP contribution in [-0.2, 0) is 15.9 Å². The Labute approximate surface area is 87.8 Å². The molecule has 2 N–H and O–H groups in total. The lowest BCUT2D eigenvalue weighted by atomic mass is 10.3. The van der Waals surface area contributed by atoms with Crippen LogP contribution in [0.25, 0.3) is 0 Å². The van der Waals surface area contributed by atoms with E-state index in [1.807, 2.05) is 0 Å². The summed E-state index contributed by atoms with van der Waals surface area (Å²) in [5.41, 5.74) is 5.50. The predicted octanol–water partition coefficient (Wildman–Crippen LogP) is 1.68. The van der Waals surface area contributed by atoms with E-state index >= 15 is 0 Å². The summed E-state index contributed by atoms with van der Waals surface area (Å²) >= 11 is 1.75. The minimum atomic E-state index is -0.186. The summed E-state index contributed by atoms with van der Waals surface area (Å²) in [5, 5.41) is 0. The Bertz CT molecular complexity index is 300. The summed E-state index contributed by atoms with van der Waals surface area (Å²) in [4.78, 5) is 2.51. The van der Waals surface area contributed by atoms with E-state index in [0.717, 1.165) is 11.3 Å². The molecule has 0 amide bonds. The van der Waals surface area contributed by atoms with E-state index in [0.29, 0.717) is 13.2 Å². The molecule has 2 rings (SSSR count). The van der Waals surface area contributed by atoms with Crippen LogP contribution in [0.5, 0.6) is 0 Å². The molecule has 0 bridgehead atoms. The van der Waals surface area contributed by atoms with Gasteiger partial charge in [0, 0.05) is 11.4 Å². The molecule has 2 atom stereocenters. The third-order valence-corrected chi connectivity index (χ3v) is 3.53. The molecule has 1 aliphatic heterocycles. The van der Waals surface area contributed by atoms with Crippen molar-refractivity contribution >= 4 is 11.3 Å². The van der Waals surface area contributed by atoms with Gasteiger partial charge in [-0.2, -0.15) is 0 Å². The van der Waals surface area contributed by atoms with Crippen LogP contribution in [0.2, 0.25) is 0 Å². The average Bonchev–Trinajstić information content (AvgIpc) is 2.86. The van der Waals surface area contributed by atoms with Crippen LogP contribution in [0, 0.1) is 0 Å². The topological polar surface area (TPSA) is 44.5 Å². The second kappa shape index (κ2) is 4.40. The molecular weight excluding hydrogens is 198 g/mol. The molecule has 0 aliphatic carbocycles. The molecular formula is C10H15NO2S. The highest BCUT2D eigenvalue weighted by molar-refractivity contribution is 7.12. The van der Waals surface area contributed by atoms with Crippen LogP contribution in [0.15, 0.2) is 12.1 Å².